The molecule has 0 spiro atoms. The van der Waals surface area contributed by atoms with Crippen LogP contribution in [-0.2, 0) is 24.3 Å². The Morgan fingerprint density at radius 3 is 2.54 bits per heavy atom. The van der Waals surface area contributed by atoms with Crippen molar-refractivity contribution in [1.82, 2.24) is 20.4 Å². The van der Waals surface area contributed by atoms with E-state index >= 15 is 0 Å². The summed E-state index contributed by atoms with van der Waals surface area (Å²) in [5.41, 5.74) is 3.14. The fourth-order valence-corrected chi connectivity index (χ4v) is 2.93. The molecule has 0 aliphatic rings. The van der Waals surface area contributed by atoms with Crippen LogP contribution in [-0.4, -0.2) is 35.0 Å². The van der Waals surface area contributed by atoms with Crippen molar-refractivity contribution in [2.45, 2.75) is 25.9 Å². The fourth-order valence-electron chi connectivity index (χ4n) is 2.80. The van der Waals surface area contributed by atoms with E-state index in [1.807, 2.05) is 44.4 Å². The van der Waals surface area contributed by atoms with Gasteiger partial charge in [0.1, 0.15) is 0 Å². The number of nitrogens with one attached hydrogen (secondary N) is 1. The number of amides is 1. The van der Waals surface area contributed by atoms with Gasteiger partial charge >= 0.3 is 0 Å². The molecule has 3 aromatic rings. The zero-order valence-electron chi connectivity index (χ0n) is 16.0. The van der Waals surface area contributed by atoms with Crippen LogP contribution in [0.25, 0.3) is 11.4 Å². The molecule has 2 aromatic carbocycles. The molecule has 3 rings (SSSR count). The van der Waals surface area contributed by atoms with Gasteiger partial charge in [0.15, 0.2) is 0 Å². The third-order valence-corrected chi connectivity index (χ3v) is 4.47. The topological polar surface area (TPSA) is 71.3 Å². The van der Waals surface area contributed by atoms with E-state index < -0.39 is 0 Å². The van der Waals surface area contributed by atoms with Gasteiger partial charge < -0.3 is 14.7 Å². The second kappa shape index (κ2) is 9.48. The Morgan fingerprint density at radius 1 is 1.11 bits per heavy atom. The Morgan fingerprint density at radius 2 is 1.82 bits per heavy atom. The zero-order chi connectivity index (χ0) is 19.9. The molecule has 1 amide bonds. The summed E-state index contributed by atoms with van der Waals surface area (Å²) in [5, 5.41) is 7.58. The number of carbonyl (C=O) groups is 1. The summed E-state index contributed by atoms with van der Waals surface area (Å²) in [4.78, 5) is 18.7. The molecule has 0 atom stereocenters. The summed E-state index contributed by atoms with van der Waals surface area (Å²) in [5.74, 6) is 0.878. The van der Waals surface area contributed by atoms with Crippen LogP contribution >= 0.6 is 11.6 Å². The first-order valence-corrected chi connectivity index (χ1v) is 9.46. The van der Waals surface area contributed by atoms with Crippen LogP contribution in [0.5, 0.6) is 0 Å². The van der Waals surface area contributed by atoms with E-state index in [9.17, 15) is 4.79 Å². The van der Waals surface area contributed by atoms with Crippen LogP contribution in [0.15, 0.2) is 53.1 Å². The van der Waals surface area contributed by atoms with Crippen molar-refractivity contribution in [3.63, 3.8) is 0 Å². The third kappa shape index (κ3) is 5.65. The molecule has 0 radical (unpaired) electrons. The summed E-state index contributed by atoms with van der Waals surface area (Å²) in [6.45, 7) is 1.34. The smallest absolute Gasteiger partial charge is 0.227 e. The average molecular weight is 399 g/mol. The molecule has 1 aromatic heterocycles. The first-order valence-electron chi connectivity index (χ1n) is 9.08. The highest BCUT2D eigenvalue weighted by Crippen LogP contribution is 2.19. The molecule has 6 nitrogen and oxygen atoms in total. The van der Waals surface area contributed by atoms with E-state index in [1.54, 1.807) is 12.1 Å². The van der Waals surface area contributed by atoms with Crippen LogP contribution in [0.4, 0.5) is 0 Å². The first-order chi connectivity index (χ1) is 13.5. The van der Waals surface area contributed by atoms with Crippen LogP contribution < -0.4 is 5.32 Å². The van der Waals surface area contributed by atoms with Crippen LogP contribution in [0.1, 0.15) is 23.4 Å². The molecule has 0 bridgehead atoms. The Bertz CT molecular complexity index is 922. The maximum Gasteiger partial charge on any atom is 0.227 e. The first kappa shape index (κ1) is 20.0. The minimum Gasteiger partial charge on any atom is -0.352 e. The van der Waals surface area contributed by atoms with E-state index in [1.165, 1.54) is 5.56 Å². The summed E-state index contributed by atoms with van der Waals surface area (Å²) >= 11 is 5.89. The molecule has 0 saturated carbocycles. The molecule has 0 fully saturated rings. The van der Waals surface area contributed by atoms with Gasteiger partial charge in [-0.05, 0) is 49.5 Å². The standard InChI is InChI=1S/C21H23ClN4O2/c1-26(2)14-17-6-4-3-5-16(17)13-23-19(27)11-12-20-24-21(25-28-20)15-7-9-18(22)10-8-15/h3-10H,11-14H2,1-2H3,(H,23,27). The van der Waals surface area contributed by atoms with Crippen molar-refractivity contribution in [2.75, 3.05) is 14.1 Å². The lowest BCUT2D eigenvalue weighted by Crippen LogP contribution is -2.24. The zero-order valence-corrected chi connectivity index (χ0v) is 16.7. The van der Waals surface area contributed by atoms with Crippen LogP contribution in [0, 0.1) is 0 Å². The molecule has 0 aliphatic heterocycles. The van der Waals surface area contributed by atoms with Gasteiger partial charge in [-0.2, -0.15) is 4.98 Å². The van der Waals surface area contributed by atoms with Crippen molar-refractivity contribution < 1.29 is 9.32 Å². The average Bonchev–Trinajstić information content (AvgIpc) is 3.15. The lowest BCUT2D eigenvalue weighted by atomic mass is 10.1. The van der Waals surface area contributed by atoms with Gasteiger partial charge in [-0.15, -0.1) is 0 Å². The van der Waals surface area contributed by atoms with Gasteiger partial charge in [-0.3, -0.25) is 4.79 Å². The van der Waals surface area contributed by atoms with Crippen molar-refractivity contribution in [3.8, 4) is 11.4 Å². The van der Waals surface area contributed by atoms with E-state index in [-0.39, 0.29) is 12.3 Å². The predicted molar refractivity (Wildman–Crippen MR) is 109 cm³/mol. The number of hydrogen-bond donors (Lipinski definition) is 1. The van der Waals surface area contributed by atoms with Gasteiger partial charge in [-0.25, -0.2) is 0 Å². The monoisotopic (exact) mass is 398 g/mol. The molecule has 0 aliphatic carbocycles. The largest absolute Gasteiger partial charge is 0.352 e. The second-order valence-corrected chi connectivity index (χ2v) is 7.24. The third-order valence-electron chi connectivity index (χ3n) is 4.22. The lowest BCUT2D eigenvalue weighted by Gasteiger charge is -2.14. The van der Waals surface area contributed by atoms with Gasteiger partial charge in [0.05, 0.1) is 0 Å². The van der Waals surface area contributed by atoms with Crippen LogP contribution in [0.2, 0.25) is 5.02 Å². The molecule has 1 N–H and O–H groups in total. The molecule has 7 heteroatoms. The number of rotatable bonds is 8. The Hall–Kier alpha value is -2.70. The van der Waals surface area contributed by atoms with E-state index in [0.29, 0.717) is 29.7 Å². The molecular weight excluding hydrogens is 376 g/mol. The van der Waals surface area contributed by atoms with Crippen LogP contribution in [0.3, 0.4) is 0 Å². The maximum atomic E-state index is 12.2. The van der Waals surface area contributed by atoms with Gasteiger partial charge in [0.25, 0.3) is 0 Å². The second-order valence-electron chi connectivity index (χ2n) is 6.80. The molecule has 1 heterocycles. The number of hydrogen-bond acceptors (Lipinski definition) is 5. The van der Waals surface area contributed by atoms with Gasteiger partial charge in [-0.1, -0.05) is 41.0 Å². The number of aryl methyl sites for hydroxylation is 1. The Kier molecular flexibility index (Phi) is 6.79. The van der Waals surface area contributed by atoms with E-state index in [0.717, 1.165) is 17.7 Å². The SMILES string of the molecule is CN(C)Cc1ccccc1CNC(=O)CCc1nc(-c2ccc(Cl)cc2)no1. The molecular formula is C21H23ClN4O2. The van der Waals surface area contributed by atoms with Gasteiger partial charge in [0, 0.05) is 36.5 Å². The van der Waals surface area contributed by atoms with Crippen molar-refractivity contribution >= 4 is 17.5 Å². The predicted octanol–water partition coefficient (Wildman–Crippen LogP) is 3.70. The number of carbonyl (C=O) groups excluding carboxylic acids is 1. The highest BCUT2D eigenvalue weighted by Gasteiger charge is 2.11. The highest BCUT2D eigenvalue weighted by atomic mass is 35.5. The number of nitrogens with zero attached hydrogens (tertiary/aromatic N) is 3. The minimum absolute atomic E-state index is 0.0501. The number of aromatic nitrogens is 2. The molecule has 146 valence electrons. The van der Waals surface area contributed by atoms with E-state index in [4.69, 9.17) is 16.1 Å². The normalized spacial score (nSPS) is 11.0. The van der Waals surface area contributed by atoms with Crippen molar-refractivity contribution in [1.29, 1.82) is 0 Å². The number of halogens is 1. The minimum atomic E-state index is -0.0501. The summed E-state index contributed by atoms with van der Waals surface area (Å²) in [6.07, 6.45) is 0.684. The van der Waals surface area contributed by atoms with E-state index in [2.05, 4.69) is 26.4 Å². The molecule has 0 unspecified atom stereocenters. The maximum absolute atomic E-state index is 12.2. The Balaban J connectivity index is 1.51. The fraction of sp³-hybridized carbons (Fsp3) is 0.286. The summed E-state index contributed by atoms with van der Waals surface area (Å²) < 4.78 is 5.25. The summed E-state index contributed by atoms with van der Waals surface area (Å²) in [6, 6.07) is 15.3. The molecule has 28 heavy (non-hydrogen) atoms. The van der Waals surface area contributed by atoms with Crippen molar-refractivity contribution in [3.05, 3.63) is 70.6 Å². The highest BCUT2D eigenvalue weighted by molar-refractivity contribution is 6.30. The quantitative estimate of drug-likeness (QED) is 0.626. The molecule has 0 saturated heterocycles. The van der Waals surface area contributed by atoms with Crippen molar-refractivity contribution in [2.24, 2.45) is 0 Å². The lowest BCUT2D eigenvalue weighted by molar-refractivity contribution is -0.121. The Labute approximate surface area is 169 Å². The van der Waals surface area contributed by atoms with Gasteiger partial charge in [0.2, 0.25) is 17.6 Å². The number of benzene rings is 2. The summed E-state index contributed by atoms with van der Waals surface area (Å²) in [7, 11) is 4.05.